The summed E-state index contributed by atoms with van der Waals surface area (Å²) in [6, 6.07) is 1.61. The predicted octanol–water partition coefficient (Wildman–Crippen LogP) is 3.45. The van der Waals surface area contributed by atoms with E-state index < -0.39 is 24.1 Å². The fraction of sp³-hybridized carbons (Fsp3) is 0.308. The maximum Gasteiger partial charge on any atom is 0.335 e. The van der Waals surface area contributed by atoms with Crippen LogP contribution in [0.25, 0.3) is 6.08 Å². The highest BCUT2D eigenvalue weighted by atomic mass is 35.5. The monoisotopic (exact) mass is 288 g/mol. The van der Waals surface area contributed by atoms with Crippen LogP contribution in [-0.2, 0) is 4.79 Å². The second-order valence-electron chi connectivity index (χ2n) is 4.32. The van der Waals surface area contributed by atoms with Crippen molar-refractivity contribution in [1.82, 2.24) is 0 Å². The molecule has 0 saturated carbocycles. The quantitative estimate of drug-likeness (QED) is 0.906. The number of rotatable bonds is 2. The minimum absolute atomic E-state index is 0.111. The maximum absolute atomic E-state index is 12.9. The van der Waals surface area contributed by atoms with Crippen LogP contribution < -0.4 is 4.74 Å². The van der Waals surface area contributed by atoms with Crippen LogP contribution in [0.1, 0.15) is 16.7 Å². The molecular weight excluding hydrogens is 278 g/mol. The molecule has 0 amide bonds. The van der Waals surface area contributed by atoms with Crippen molar-refractivity contribution in [3.8, 4) is 5.75 Å². The molecule has 0 spiro atoms. The van der Waals surface area contributed by atoms with Gasteiger partial charge in [-0.05, 0) is 37.1 Å². The number of halogens is 3. The van der Waals surface area contributed by atoms with E-state index in [9.17, 15) is 13.6 Å². The molecule has 0 bridgehead atoms. The van der Waals surface area contributed by atoms with Crippen LogP contribution in [0.4, 0.5) is 8.78 Å². The Morgan fingerprint density at radius 3 is 2.63 bits per heavy atom. The molecule has 1 unspecified atom stereocenters. The minimum Gasteiger partial charge on any atom is -0.478 e. The molecule has 3 nitrogen and oxygen atoms in total. The van der Waals surface area contributed by atoms with E-state index in [0.717, 1.165) is 11.1 Å². The van der Waals surface area contributed by atoms with Gasteiger partial charge in [0.25, 0.3) is 6.43 Å². The summed E-state index contributed by atoms with van der Waals surface area (Å²) in [7, 11) is 0. The molecule has 1 aromatic carbocycles. The lowest BCUT2D eigenvalue weighted by atomic mass is 9.95. The average Bonchev–Trinajstić information content (AvgIpc) is 2.34. The van der Waals surface area contributed by atoms with Gasteiger partial charge in [0.15, 0.2) is 6.10 Å². The van der Waals surface area contributed by atoms with Crippen molar-refractivity contribution in [3.63, 3.8) is 0 Å². The second-order valence-corrected chi connectivity index (χ2v) is 4.73. The van der Waals surface area contributed by atoms with Gasteiger partial charge in [0, 0.05) is 5.56 Å². The van der Waals surface area contributed by atoms with Crippen LogP contribution in [0.3, 0.4) is 0 Å². The molecule has 0 saturated heterocycles. The van der Waals surface area contributed by atoms with Crippen molar-refractivity contribution in [3.05, 3.63) is 33.4 Å². The molecule has 0 radical (unpaired) electrons. The lowest BCUT2D eigenvalue weighted by Gasteiger charge is -2.27. The lowest BCUT2D eigenvalue weighted by molar-refractivity contribution is -0.134. The molecular formula is C13H11ClF2O3. The highest BCUT2D eigenvalue weighted by Crippen LogP contribution is 2.40. The summed E-state index contributed by atoms with van der Waals surface area (Å²) in [6.45, 7) is 3.56. The summed E-state index contributed by atoms with van der Waals surface area (Å²) < 4.78 is 30.8. The molecule has 0 aromatic heterocycles. The van der Waals surface area contributed by atoms with Crippen molar-refractivity contribution >= 4 is 23.6 Å². The van der Waals surface area contributed by atoms with Gasteiger partial charge in [0.1, 0.15) is 5.75 Å². The summed E-state index contributed by atoms with van der Waals surface area (Å²) in [6.07, 6.45) is -3.52. The highest BCUT2D eigenvalue weighted by Gasteiger charge is 2.36. The number of benzene rings is 1. The van der Waals surface area contributed by atoms with Crippen LogP contribution in [0.2, 0.25) is 5.02 Å². The van der Waals surface area contributed by atoms with Crippen LogP contribution in [0.15, 0.2) is 11.6 Å². The molecule has 0 aliphatic carbocycles. The fourth-order valence-electron chi connectivity index (χ4n) is 1.97. The van der Waals surface area contributed by atoms with Gasteiger partial charge in [-0.1, -0.05) is 11.6 Å². The van der Waals surface area contributed by atoms with E-state index in [1.54, 1.807) is 19.9 Å². The maximum atomic E-state index is 12.9. The Kier molecular flexibility index (Phi) is 3.49. The SMILES string of the molecule is Cc1cc(Cl)c2c(c1C)C=C(C(=O)O)C(C(F)F)O2. The minimum atomic E-state index is -2.94. The Bertz CT molecular complexity index is 582. The molecule has 1 atom stereocenters. The van der Waals surface area contributed by atoms with Crippen molar-refractivity contribution in [2.45, 2.75) is 26.4 Å². The third-order valence-corrected chi connectivity index (χ3v) is 3.41. The number of carboxylic acid groups (broad SMARTS) is 1. The van der Waals surface area contributed by atoms with E-state index in [4.69, 9.17) is 21.4 Å². The standard InChI is InChI=1S/C13H11ClF2O3/c1-5-3-9(14)10-7(6(5)2)4-8(13(17)18)11(19-10)12(15)16/h3-4,11-12H,1-2H3,(H,17,18). The molecule has 0 fully saturated rings. The Balaban J connectivity index is 2.67. The predicted molar refractivity (Wildman–Crippen MR) is 67.0 cm³/mol. The van der Waals surface area contributed by atoms with Crippen LogP contribution in [0, 0.1) is 13.8 Å². The number of carboxylic acids is 1. The molecule has 1 N–H and O–H groups in total. The lowest BCUT2D eigenvalue weighted by Crippen LogP contribution is -2.34. The number of hydrogen-bond acceptors (Lipinski definition) is 2. The van der Waals surface area contributed by atoms with Crippen LogP contribution >= 0.6 is 11.6 Å². The van der Waals surface area contributed by atoms with Gasteiger partial charge in [-0.3, -0.25) is 0 Å². The van der Waals surface area contributed by atoms with Gasteiger partial charge in [-0.2, -0.15) is 0 Å². The summed E-state index contributed by atoms with van der Waals surface area (Å²) in [4.78, 5) is 11.0. The van der Waals surface area contributed by atoms with Gasteiger partial charge in [-0.25, -0.2) is 13.6 Å². The summed E-state index contributed by atoms with van der Waals surface area (Å²) in [5.74, 6) is -1.31. The summed E-state index contributed by atoms with van der Waals surface area (Å²) in [5.41, 5.74) is 1.57. The Morgan fingerprint density at radius 2 is 2.11 bits per heavy atom. The molecule has 2 rings (SSSR count). The smallest absolute Gasteiger partial charge is 0.335 e. The van der Waals surface area contributed by atoms with E-state index in [1.165, 1.54) is 6.08 Å². The Hall–Kier alpha value is -1.62. The van der Waals surface area contributed by atoms with Crippen LogP contribution in [0.5, 0.6) is 5.75 Å². The normalized spacial score (nSPS) is 17.8. The highest BCUT2D eigenvalue weighted by molar-refractivity contribution is 6.32. The van der Waals surface area contributed by atoms with E-state index >= 15 is 0 Å². The van der Waals surface area contributed by atoms with Crippen molar-refractivity contribution in [2.75, 3.05) is 0 Å². The Labute approximate surface area is 113 Å². The molecule has 102 valence electrons. The number of carbonyl (C=O) groups is 1. The summed E-state index contributed by atoms with van der Waals surface area (Å²) in [5, 5.41) is 9.20. The van der Waals surface area contributed by atoms with E-state index in [2.05, 4.69) is 0 Å². The first-order valence-electron chi connectivity index (χ1n) is 5.52. The number of hydrogen-bond donors (Lipinski definition) is 1. The number of ether oxygens (including phenoxy) is 1. The van der Waals surface area contributed by atoms with Crippen molar-refractivity contribution in [1.29, 1.82) is 0 Å². The molecule has 1 heterocycles. The zero-order valence-corrected chi connectivity index (χ0v) is 11.0. The van der Waals surface area contributed by atoms with Gasteiger partial charge >= 0.3 is 5.97 Å². The first-order chi connectivity index (χ1) is 8.82. The van der Waals surface area contributed by atoms with Gasteiger partial charge in [0.05, 0.1) is 10.6 Å². The zero-order valence-electron chi connectivity index (χ0n) is 10.2. The fourth-order valence-corrected chi connectivity index (χ4v) is 2.28. The molecule has 1 aromatic rings. The topological polar surface area (TPSA) is 46.5 Å². The van der Waals surface area contributed by atoms with Crippen molar-refractivity contribution in [2.24, 2.45) is 0 Å². The van der Waals surface area contributed by atoms with Crippen molar-refractivity contribution < 1.29 is 23.4 Å². The molecule has 6 heteroatoms. The van der Waals surface area contributed by atoms with Gasteiger partial charge in [-0.15, -0.1) is 0 Å². The first kappa shape index (κ1) is 13.8. The number of aryl methyl sites for hydroxylation is 1. The van der Waals surface area contributed by atoms with Crippen LogP contribution in [-0.4, -0.2) is 23.6 Å². The second kappa shape index (κ2) is 4.81. The largest absolute Gasteiger partial charge is 0.478 e. The van der Waals surface area contributed by atoms with E-state index in [-0.39, 0.29) is 10.8 Å². The third kappa shape index (κ3) is 2.30. The number of aliphatic carboxylic acids is 1. The number of alkyl halides is 2. The van der Waals surface area contributed by atoms with Gasteiger partial charge in [0.2, 0.25) is 0 Å². The summed E-state index contributed by atoms with van der Waals surface area (Å²) >= 11 is 5.97. The molecule has 19 heavy (non-hydrogen) atoms. The number of fused-ring (bicyclic) bond motifs is 1. The van der Waals surface area contributed by atoms with E-state index in [1.807, 2.05) is 0 Å². The first-order valence-corrected chi connectivity index (χ1v) is 5.90. The van der Waals surface area contributed by atoms with E-state index in [0.29, 0.717) is 5.56 Å². The van der Waals surface area contributed by atoms with Gasteiger partial charge < -0.3 is 9.84 Å². The Morgan fingerprint density at radius 1 is 1.47 bits per heavy atom. The molecule has 1 aliphatic heterocycles. The third-order valence-electron chi connectivity index (χ3n) is 3.13. The average molecular weight is 289 g/mol. The molecule has 1 aliphatic rings. The zero-order chi connectivity index (χ0) is 14.3.